The Bertz CT molecular complexity index is 385. The maximum Gasteiger partial charge on any atom is 0.436 e. The molecule has 1 aromatic heterocycles. The van der Waals surface area contributed by atoms with E-state index in [-0.39, 0.29) is 10.4 Å². The van der Waals surface area contributed by atoms with Gasteiger partial charge in [-0.3, -0.25) is 0 Å². The molecule has 0 fully saturated rings. The molecule has 0 atom stereocenters. The Morgan fingerprint density at radius 1 is 1.57 bits per heavy atom. The van der Waals surface area contributed by atoms with Crippen molar-refractivity contribution in [3.8, 4) is 0 Å². The van der Waals surface area contributed by atoms with E-state index in [9.17, 15) is 18.0 Å². The van der Waals surface area contributed by atoms with E-state index < -0.39 is 23.0 Å². The quantitative estimate of drug-likeness (QED) is 0.742. The molecule has 0 aliphatic carbocycles. The highest BCUT2D eigenvalue weighted by atomic mass is 35.5. The second kappa shape index (κ2) is 3.16. The lowest BCUT2D eigenvalue weighted by Gasteiger charge is -2.00. The van der Waals surface area contributed by atoms with Gasteiger partial charge >= 0.3 is 12.3 Å². The van der Waals surface area contributed by atoms with Crippen molar-refractivity contribution < 1.29 is 23.1 Å². The molecular formula is C6H4ClF3N2O2. The molecule has 0 amide bonds. The van der Waals surface area contributed by atoms with E-state index >= 15 is 0 Å². The number of hydrogen-bond acceptors (Lipinski definition) is 2. The first-order chi connectivity index (χ1) is 6.25. The van der Waals surface area contributed by atoms with Crippen LogP contribution in [0, 0.1) is 6.92 Å². The van der Waals surface area contributed by atoms with Gasteiger partial charge in [0, 0.05) is 0 Å². The van der Waals surface area contributed by atoms with E-state index in [1.807, 2.05) is 0 Å². The van der Waals surface area contributed by atoms with E-state index in [2.05, 4.69) is 5.10 Å². The maximum atomic E-state index is 12.2. The number of carboxylic acid groups (broad SMARTS) is 1. The Kier molecular flexibility index (Phi) is 2.45. The molecule has 0 saturated carbocycles. The number of halogens is 4. The van der Waals surface area contributed by atoms with Crippen LogP contribution in [-0.2, 0) is 6.18 Å². The van der Waals surface area contributed by atoms with Crippen molar-refractivity contribution in [2.45, 2.75) is 13.1 Å². The summed E-state index contributed by atoms with van der Waals surface area (Å²) in [7, 11) is 0. The standard InChI is InChI=1S/C6H4ClF3N2O2/c1-2-3(7)4(6(8,9)10)11-12(2)5(13)14/h1H3,(H,13,14). The van der Waals surface area contributed by atoms with Crippen molar-refractivity contribution in [2.75, 3.05) is 0 Å². The Morgan fingerprint density at radius 2 is 2.07 bits per heavy atom. The summed E-state index contributed by atoms with van der Waals surface area (Å²) in [6.45, 7) is 1.14. The summed E-state index contributed by atoms with van der Waals surface area (Å²) in [5.41, 5.74) is -1.65. The van der Waals surface area contributed by atoms with Crippen LogP contribution in [0.3, 0.4) is 0 Å². The first-order valence-corrected chi connectivity index (χ1v) is 3.68. The third kappa shape index (κ3) is 1.67. The fraction of sp³-hybridized carbons (Fsp3) is 0.333. The second-order valence-electron chi connectivity index (χ2n) is 2.44. The summed E-state index contributed by atoms with van der Waals surface area (Å²) >= 11 is 5.28. The summed E-state index contributed by atoms with van der Waals surface area (Å²) in [5, 5.41) is 10.6. The van der Waals surface area contributed by atoms with Gasteiger partial charge in [0.25, 0.3) is 0 Å². The molecule has 0 unspecified atom stereocenters. The molecule has 4 nitrogen and oxygen atoms in total. The highest BCUT2D eigenvalue weighted by Gasteiger charge is 2.38. The molecule has 0 saturated heterocycles. The normalized spacial score (nSPS) is 11.8. The minimum Gasteiger partial charge on any atom is -0.463 e. The average Bonchev–Trinajstić information content (AvgIpc) is 2.28. The fourth-order valence-electron chi connectivity index (χ4n) is 0.851. The van der Waals surface area contributed by atoms with E-state index in [4.69, 9.17) is 16.7 Å². The van der Waals surface area contributed by atoms with Crippen molar-refractivity contribution in [1.82, 2.24) is 9.78 Å². The zero-order chi connectivity index (χ0) is 11.1. The number of nitrogens with zero attached hydrogens (tertiary/aromatic N) is 2. The minimum atomic E-state index is -4.75. The molecular weight excluding hydrogens is 225 g/mol. The van der Waals surface area contributed by atoms with Crippen LogP contribution in [0.1, 0.15) is 11.4 Å². The van der Waals surface area contributed by atoms with E-state index in [1.54, 1.807) is 0 Å². The lowest BCUT2D eigenvalue weighted by atomic mass is 10.3. The zero-order valence-electron chi connectivity index (χ0n) is 6.76. The van der Waals surface area contributed by atoms with Crippen LogP contribution in [0.2, 0.25) is 5.02 Å². The first kappa shape index (κ1) is 10.8. The van der Waals surface area contributed by atoms with Gasteiger partial charge in [0.1, 0.15) is 0 Å². The Balaban J connectivity index is 3.37. The molecule has 0 bridgehead atoms. The van der Waals surface area contributed by atoms with Gasteiger partial charge in [0.2, 0.25) is 0 Å². The monoisotopic (exact) mass is 228 g/mol. The van der Waals surface area contributed by atoms with E-state index in [1.165, 1.54) is 0 Å². The maximum absolute atomic E-state index is 12.2. The lowest BCUT2D eigenvalue weighted by molar-refractivity contribution is -0.141. The molecule has 1 N–H and O–H groups in total. The lowest BCUT2D eigenvalue weighted by Crippen LogP contribution is -2.13. The smallest absolute Gasteiger partial charge is 0.436 e. The SMILES string of the molecule is Cc1c(Cl)c(C(F)(F)F)nn1C(=O)O. The van der Waals surface area contributed by atoms with Crippen molar-refractivity contribution in [3.05, 3.63) is 16.4 Å². The highest BCUT2D eigenvalue weighted by Crippen LogP contribution is 2.35. The molecule has 0 aromatic carbocycles. The van der Waals surface area contributed by atoms with Crippen molar-refractivity contribution in [2.24, 2.45) is 0 Å². The summed E-state index contributed by atoms with van der Waals surface area (Å²) in [6, 6.07) is 0. The van der Waals surface area contributed by atoms with Crippen molar-refractivity contribution >= 4 is 17.7 Å². The predicted octanol–water partition coefficient (Wildman–Crippen LogP) is 2.39. The van der Waals surface area contributed by atoms with Gasteiger partial charge in [-0.05, 0) is 6.92 Å². The predicted molar refractivity (Wildman–Crippen MR) is 40.4 cm³/mol. The van der Waals surface area contributed by atoms with Gasteiger partial charge in [0.15, 0.2) is 5.69 Å². The van der Waals surface area contributed by atoms with Crippen LogP contribution in [0.15, 0.2) is 0 Å². The Hall–Kier alpha value is -1.24. The molecule has 78 valence electrons. The summed E-state index contributed by atoms with van der Waals surface area (Å²) in [4.78, 5) is 10.4. The van der Waals surface area contributed by atoms with E-state index in [0.29, 0.717) is 0 Å². The highest BCUT2D eigenvalue weighted by molar-refractivity contribution is 6.32. The van der Waals surface area contributed by atoms with E-state index in [0.717, 1.165) is 6.92 Å². The Labute approximate surface area is 80.9 Å². The third-order valence-corrected chi connectivity index (χ3v) is 1.95. The van der Waals surface area contributed by atoms with Crippen LogP contribution in [0.5, 0.6) is 0 Å². The van der Waals surface area contributed by atoms with Crippen molar-refractivity contribution in [1.29, 1.82) is 0 Å². The molecule has 1 heterocycles. The molecule has 0 radical (unpaired) electrons. The van der Waals surface area contributed by atoms with Gasteiger partial charge in [-0.2, -0.15) is 23.0 Å². The third-order valence-electron chi connectivity index (χ3n) is 1.49. The molecule has 0 aliphatic rings. The van der Waals surface area contributed by atoms with Crippen LogP contribution < -0.4 is 0 Å². The van der Waals surface area contributed by atoms with Gasteiger partial charge in [0.05, 0.1) is 10.7 Å². The number of rotatable bonds is 0. The number of carbonyl (C=O) groups is 1. The van der Waals surface area contributed by atoms with Crippen LogP contribution >= 0.6 is 11.6 Å². The molecule has 8 heteroatoms. The van der Waals surface area contributed by atoms with Crippen LogP contribution in [0.4, 0.5) is 18.0 Å². The fourth-order valence-corrected chi connectivity index (χ4v) is 1.08. The van der Waals surface area contributed by atoms with Crippen molar-refractivity contribution in [3.63, 3.8) is 0 Å². The zero-order valence-corrected chi connectivity index (χ0v) is 7.52. The molecule has 14 heavy (non-hydrogen) atoms. The van der Waals surface area contributed by atoms with Gasteiger partial charge in [-0.1, -0.05) is 11.6 Å². The molecule has 0 spiro atoms. The summed E-state index contributed by atoms with van der Waals surface area (Å²) in [5.74, 6) is 0. The van der Waals surface area contributed by atoms with Crippen LogP contribution in [0.25, 0.3) is 0 Å². The molecule has 1 rings (SSSR count). The average molecular weight is 229 g/mol. The van der Waals surface area contributed by atoms with Crippen LogP contribution in [-0.4, -0.2) is 21.0 Å². The number of alkyl halides is 3. The topological polar surface area (TPSA) is 55.1 Å². The van der Waals surface area contributed by atoms with Gasteiger partial charge < -0.3 is 5.11 Å². The van der Waals surface area contributed by atoms with Gasteiger partial charge in [-0.15, -0.1) is 0 Å². The largest absolute Gasteiger partial charge is 0.463 e. The molecule has 0 aliphatic heterocycles. The molecule has 1 aromatic rings. The second-order valence-corrected chi connectivity index (χ2v) is 2.82. The van der Waals surface area contributed by atoms with Gasteiger partial charge in [-0.25, -0.2) is 4.79 Å². The summed E-state index contributed by atoms with van der Waals surface area (Å²) in [6.07, 6.45) is -6.36. The Morgan fingerprint density at radius 3 is 2.29 bits per heavy atom. The number of aromatic nitrogens is 2. The summed E-state index contributed by atoms with van der Waals surface area (Å²) < 4.78 is 36.6. The minimum absolute atomic E-state index is 0.186. The first-order valence-electron chi connectivity index (χ1n) is 3.30. The number of hydrogen-bond donors (Lipinski definition) is 1.